The molecule has 1 heterocycles. The fourth-order valence-corrected chi connectivity index (χ4v) is 3.06. The van der Waals surface area contributed by atoms with Crippen LogP contribution >= 0.6 is 0 Å². The lowest BCUT2D eigenvalue weighted by Crippen LogP contribution is -2.38. The molecule has 1 fully saturated rings. The third-order valence-electron chi connectivity index (χ3n) is 4.73. The molecule has 156 valence electrons. The quantitative estimate of drug-likeness (QED) is 0.736. The lowest BCUT2D eigenvalue weighted by atomic mass is 9.92. The van der Waals surface area contributed by atoms with Gasteiger partial charge in [0.05, 0.1) is 6.61 Å². The Morgan fingerprint density at radius 2 is 1.79 bits per heavy atom. The molecule has 2 rings (SSSR count). The van der Waals surface area contributed by atoms with Crippen LogP contribution in [0.3, 0.4) is 0 Å². The number of carbonyl (C=O) groups excluding carboxylic acids is 2. The van der Waals surface area contributed by atoms with Gasteiger partial charge in [-0.05, 0) is 56.2 Å². The lowest BCUT2D eigenvalue weighted by molar-refractivity contribution is -0.134. The zero-order valence-electron chi connectivity index (χ0n) is 17.7. The fraction of sp³-hybridized carbons (Fsp3) is 0.636. The van der Waals surface area contributed by atoms with Crippen molar-refractivity contribution >= 4 is 11.8 Å². The van der Waals surface area contributed by atoms with Crippen LogP contribution in [0.4, 0.5) is 0 Å². The normalized spacial score (nSPS) is 14.5. The predicted molar refractivity (Wildman–Crippen MR) is 110 cm³/mol. The molecule has 1 saturated heterocycles. The monoisotopic (exact) mass is 390 g/mol. The van der Waals surface area contributed by atoms with Gasteiger partial charge in [0, 0.05) is 25.2 Å². The number of nitrogens with one attached hydrogen (secondary N) is 1. The summed E-state index contributed by atoms with van der Waals surface area (Å²) in [4.78, 5) is 26.6. The first-order chi connectivity index (χ1) is 13.3. The van der Waals surface area contributed by atoms with E-state index in [9.17, 15) is 9.59 Å². The van der Waals surface area contributed by atoms with Gasteiger partial charge in [0.15, 0.2) is 18.1 Å². The largest absolute Gasteiger partial charge is 0.490 e. The van der Waals surface area contributed by atoms with Gasteiger partial charge in [-0.25, -0.2) is 0 Å². The molecule has 2 amide bonds. The second-order valence-corrected chi connectivity index (χ2v) is 8.39. The Balaban J connectivity index is 1.97. The van der Waals surface area contributed by atoms with Gasteiger partial charge in [0.2, 0.25) is 0 Å². The van der Waals surface area contributed by atoms with E-state index in [0.717, 1.165) is 32.4 Å². The van der Waals surface area contributed by atoms with E-state index in [2.05, 4.69) is 26.1 Å². The summed E-state index contributed by atoms with van der Waals surface area (Å²) < 4.78 is 11.4. The van der Waals surface area contributed by atoms with Crippen molar-refractivity contribution in [2.45, 2.75) is 53.4 Å². The summed E-state index contributed by atoms with van der Waals surface area (Å²) in [5.41, 5.74) is 0.689. The lowest BCUT2D eigenvalue weighted by Gasteiger charge is -2.26. The molecule has 1 N–H and O–H groups in total. The van der Waals surface area contributed by atoms with Gasteiger partial charge < -0.3 is 19.7 Å². The molecule has 0 unspecified atom stereocenters. The topological polar surface area (TPSA) is 67.9 Å². The van der Waals surface area contributed by atoms with Crippen LogP contribution in [0.15, 0.2) is 18.2 Å². The molecule has 1 aliphatic heterocycles. The number of carbonyl (C=O) groups is 2. The number of amides is 2. The van der Waals surface area contributed by atoms with Crippen LogP contribution in [-0.2, 0) is 4.79 Å². The average molecular weight is 391 g/mol. The van der Waals surface area contributed by atoms with Gasteiger partial charge in [0.25, 0.3) is 11.8 Å². The first kappa shape index (κ1) is 22.1. The van der Waals surface area contributed by atoms with Gasteiger partial charge >= 0.3 is 0 Å². The first-order valence-electron chi connectivity index (χ1n) is 10.3. The van der Waals surface area contributed by atoms with E-state index in [-0.39, 0.29) is 23.8 Å². The van der Waals surface area contributed by atoms with E-state index in [4.69, 9.17) is 9.47 Å². The van der Waals surface area contributed by atoms with E-state index >= 15 is 0 Å². The third-order valence-corrected chi connectivity index (χ3v) is 4.73. The second kappa shape index (κ2) is 10.3. The Morgan fingerprint density at radius 3 is 2.43 bits per heavy atom. The molecule has 1 aromatic carbocycles. The van der Waals surface area contributed by atoms with Crippen molar-refractivity contribution in [1.82, 2.24) is 10.2 Å². The second-order valence-electron chi connectivity index (χ2n) is 8.39. The van der Waals surface area contributed by atoms with Crippen molar-refractivity contribution in [2.24, 2.45) is 5.41 Å². The zero-order chi connectivity index (χ0) is 20.6. The smallest absolute Gasteiger partial charge is 0.260 e. The number of hydrogen-bond donors (Lipinski definition) is 1. The van der Waals surface area contributed by atoms with Crippen LogP contribution in [-0.4, -0.2) is 49.6 Å². The van der Waals surface area contributed by atoms with Crippen molar-refractivity contribution in [3.05, 3.63) is 23.8 Å². The molecule has 0 saturated carbocycles. The molecule has 0 spiro atoms. The summed E-state index contributed by atoms with van der Waals surface area (Å²) in [5.74, 6) is 0.822. The minimum absolute atomic E-state index is 0.00820. The summed E-state index contributed by atoms with van der Waals surface area (Å²) in [6, 6.07) is 5.08. The van der Waals surface area contributed by atoms with Gasteiger partial charge in [-0.15, -0.1) is 0 Å². The molecule has 0 aliphatic carbocycles. The van der Waals surface area contributed by atoms with Crippen LogP contribution in [0.2, 0.25) is 0 Å². The number of likely N-dealkylation sites (tertiary alicyclic amines) is 1. The SMILES string of the molecule is CCOc1cc(C(=O)NCCC(C)(C)C)ccc1OCC(=O)N1CCCCC1. The molecule has 6 nitrogen and oxygen atoms in total. The fourth-order valence-electron chi connectivity index (χ4n) is 3.06. The van der Waals surface area contributed by atoms with Crippen LogP contribution < -0.4 is 14.8 Å². The first-order valence-corrected chi connectivity index (χ1v) is 10.3. The van der Waals surface area contributed by atoms with Gasteiger partial charge in [0.1, 0.15) is 0 Å². The molecule has 0 radical (unpaired) electrons. The van der Waals surface area contributed by atoms with Crippen molar-refractivity contribution in [2.75, 3.05) is 32.8 Å². The molecule has 28 heavy (non-hydrogen) atoms. The number of hydrogen-bond acceptors (Lipinski definition) is 4. The predicted octanol–water partition coefficient (Wildman–Crippen LogP) is 3.64. The standard InChI is InChI=1S/C22H34N2O4/c1-5-27-19-15-17(21(26)23-12-11-22(2,3)4)9-10-18(19)28-16-20(25)24-13-7-6-8-14-24/h9-10,15H,5-8,11-14,16H2,1-4H3,(H,23,26). The number of ether oxygens (including phenoxy) is 2. The molecular formula is C22H34N2O4. The van der Waals surface area contributed by atoms with E-state index in [1.165, 1.54) is 6.42 Å². The Bertz CT molecular complexity index is 661. The molecule has 0 aromatic heterocycles. The maximum absolute atomic E-state index is 12.4. The van der Waals surface area contributed by atoms with Crippen molar-refractivity contribution in [3.8, 4) is 11.5 Å². The van der Waals surface area contributed by atoms with E-state index in [1.807, 2.05) is 11.8 Å². The number of benzene rings is 1. The van der Waals surface area contributed by atoms with Crippen LogP contribution in [0.5, 0.6) is 11.5 Å². The highest BCUT2D eigenvalue weighted by molar-refractivity contribution is 5.94. The minimum Gasteiger partial charge on any atom is -0.490 e. The van der Waals surface area contributed by atoms with E-state index in [1.54, 1.807) is 18.2 Å². The minimum atomic E-state index is -0.138. The summed E-state index contributed by atoms with van der Waals surface area (Å²) >= 11 is 0. The Morgan fingerprint density at radius 1 is 1.07 bits per heavy atom. The molecule has 6 heteroatoms. The van der Waals surface area contributed by atoms with Crippen LogP contribution in [0.1, 0.15) is 63.7 Å². The van der Waals surface area contributed by atoms with Gasteiger partial charge in [-0.2, -0.15) is 0 Å². The number of rotatable bonds is 8. The van der Waals surface area contributed by atoms with Crippen molar-refractivity contribution in [3.63, 3.8) is 0 Å². The molecule has 1 aliphatic rings. The third kappa shape index (κ3) is 7.06. The average Bonchev–Trinajstić information content (AvgIpc) is 2.66. The number of piperidine rings is 1. The van der Waals surface area contributed by atoms with Gasteiger partial charge in [-0.3, -0.25) is 9.59 Å². The van der Waals surface area contributed by atoms with Gasteiger partial charge in [-0.1, -0.05) is 20.8 Å². The summed E-state index contributed by atoms with van der Waals surface area (Å²) in [7, 11) is 0. The van der Waals surface area contributed by atoms with E-state index in [0.29, 0.717) is 30.2 Å². The molecule has 0 atom stereocenters. The molecule has 0 bridgehead atoms. The zero-order valence-corrected chi connectivity index (χ0v) is 17.7. The Kier molecular flexibility index (Phi) is 8.15. The highest BCUT2D eigenvalue weighted by Crippen LogP contribution is 2.29. The highest BCUT2D eigenvalue weighted by atomic mass is 16.5. The van der Waals surface area contributed by atoms with Crippen LogP contribution in [0.25, 0.3) is 0 Å². The maximum Gasteiger partial charge on any atom is 0.260 e. The molecular weight excluding hydrogens is 356 g/mol. The Labute approximate surface area is 168 Å². The summed E-state index contributed by atoms with van der Waals surface area (Å²) in [5, 5.41) is 2.94. The summed E-state index contributed by atoms with van der Waals surface area (Å²) in [6.07, 6.45) is 4.18. The van der Waals surface area contributed by atoms with E-state index < -0.39 is 0 Å². The van der Waals surface area contributed by atoms with Crippen molar-refractivity contribution in [1.29, 1.82) is 0 Å². The molecule has 1 aromatic rings. The van der Waals surface area contributed by atoms with Crippen LogP contribution in [0, 0.1) is 5.41 Å². The summed E-state index contributed by atoms with van der Waals surface area (Å²) in [6.45, 7) is 11.0. The van der Waals surface area contributed by atoms with Crippen molar-refractivity contribution < 1.29 is 19.1 Å². The Hall–Kier alpha value is -2.24. The highest BCUT2D eigenvalue weighted by Gasteiger charge is 2.18. The maximum atomic E-state index is 12.4. The number of nitrogens with zero attached hydrogens (tertiary/aromatic N) is 1.